The van der Waals surface area contributed by atoms with E-state index in [1.807, 2.05) is 4.90 Å². The predicted octanol–water partition coefficient (Wildman–Crippen LogP) is 3.08. The van der Waals surface area contributed by atoms with Crippen LogP contribution in [0.3, 0.4) is 0 Å². The van der Waals surface area contributed by atoms with Crippen LogP contribution in [0.2, 0.25) is 0 Å². The Morgan fingerprint density at radius 2 is 2.00 bits per heavy atom. The Labute approximate surface area is 209 Å². The van der Waals surface area contributed by atoms with Crippen molar-refractivity contribution in [3.8, 4) is 6.07 Å². The fourth-order valence-corrected chi connectivity index (χ4v) is 7.16. The number of aromatic nitrogens is 1. The van der Waals surface area contributed by atoms with Crippen LogP contribution in [0.25, 0.3) is 10.2 Å². The van der Waals surface area contributed by atoms with E-state index >= 15 is 0 Å². The summed E-state index contributed by atoms with van der Waals surface area (Å²) in [6.07, 6.45) is -4.34. The molecule has 2 N–H and O–H groups in total. The number of halogens is 3. The van der Waals surface area contributed by atoms with Gasteiger partial charge in [0.05, 0.1) is 34.0 Å². The molecule has 0 bridgehead atoms. The highest BCUT2D eigenvalue weighted by atomic mass is 32.1. The van der Waals surface area contributed by atoms with Gasteiger partial charge in [-0.2, -0.15) is 18.4 Å². The van der Waals surface area contributed by atoms with Crippen LogP contribution >= 0.6 is 11.3 Å². The standard InChI is InChI=1S/C23H25F3N6O3S/c1-28-20(33)14-9-36-18-15(23(24,25)26)8-16(29-17(14)18)31-5-2-13(3-6-31)19-22(12-32(19)21(34)35)10-30(11-22)7-4-27/h8-9,13,19H,2-3,5-7,10-12H2,1H3,(H,28,33)(H,34,35). The van der Waals surface area contributed by atoms with Crippen LogP contribution in [0, 0.1) is 22.7 Å². The second-order valence-electron chi connectivity index (χ2n) is 9.78. The summed E-state index contributed by atoms with van der Waals surface area (Å²) in [5.74, 6) is -0.254. The summed E-state index contributed by atoms with van der Waals surface area (Å²) >= 11 is 0.849. The van der Waals surface area contributed by atoms with Crippen molar-refractivity contribution in [3.63, 3.8) is 0 Å². The number of anilines is 1. The first kappa shape index (κ1) is 24.6. The summed E-state index contributed by atoms with van der Waals surface area (Å²) in [5, 5.41) is 22.4. The Morgan fingerprint density at radius 1 is 1.31 bits per heavy atom. The van der Waals surface area contributed by atoms with Gasteiger partial charge in [0, 0.05) is 56.6 Å². The van der Waals surface area contributed by atoms with E-state index in [4.69, 9.17) is 5.26 Å². The lowest BCUT2D eigenvalue weighted by atomic mass is 9.60. The second kappa shape index (κ2) is 8.77. The lowest BCUT2D eigenvalue weighted by Crippen LogP contribution is -2.79. The van der Waals surface area contributed by atoms with Gasteiger partial charge in [-0.15, -0.1) is 11.3 Å². The van der Waals surface area contributed by atoms with E-state index in [1.54, 1.807) is 4.90 Å². The molecule has 1 spiro atoms. The van der Waals surface area contributed by atoms with Gasteiger partial charge in [0.15, 0.2) is 0 Å². The minimum atomic E-state index is -4.60. The largest absolute Gasteiger partial charge is 0.465 e. The van der Waals surface area contributed by atoms with E-state index in [0.717, 1.165) is 17.4 Å². The number of carboxylic acid groups (broad SMARTS) is 1. The SMILES string of the molecule is CNC(=O)c1csc2c(C(F)(F)F)cc(N3CCC(C4N(C(=O)O)CC45CN(CC#N)C5)CC3)nc12. The highest BCUT2D eigenvalue weighted by molar-refractivity contribution is 7.17. The molecular weight excluding hydrogens is 497 g/mol. The molecule has 3 saturated heterocycles. The number of carbonyl (C=O) groups excluding carboxylic acids is 1. The van der Waals surface area contributed by atoms with Crippen molar-refractivity contribution in [2.75, 3.05) is 51.2 Å². The number of hydrogen-bond donors (Lipinski definition) is 2. The van der Waals surface area contributed by atoms with Crippen LogP contribution in [0.5, 0.6) is 0 Å². The molecule has 3 aliphatic heterocycles. The summed E-state index contributed by atoms with van der Waals surface area (Å²) in [4.78, 5) is 33.8. The number of hydrogen-bond acceptors (Lipinski definition) is 7. The van der Waals surface area contributed by atoms with Crippen LogP contribution in [0.4, 0.5) is 23.8 Å². The average molecular weight is 523 g/mol. The summed E-state index contributed by atoms with van der Waals surface area (Å²) in [6, 6.07) is 3.01. The number of nitriles is 1. The first-order chi connectivity index (χ1) is 17.1. The van der Waals surface area contributed by atoms with E-state index in [0.29, 0.717) is 52.1 Å². The summed E-state index contributed by atoms with van der Waals surface area (Å²) in [7, 11) is 1.42. The van der Waals surface area contributed by atoms with Gasteiger partial charge in [0.2, 0.25) is 0 Å². The zero-order valence-corrected chi connectivity index (χ0v) is 20.3. The zero-order chi connectivity index (χ0) is 25.8. The summed E-state index contributed by atoms with van der Waals surface area (Å²) < 4.78 is 41.6. The Morgan fingerprint density at radius 3 is 2.58 bits per heavy atom. The second-order valence-corrected chi connectivity index (χ2v) is 10.7. The number of nitrogens with one attached hydrogen (secondary N) is 1. The molecule has 2 aromatic heterocycles. The summed E-state index contributed by atoms with van der Waals surface area (Å²) in [5.41, 5.74) is -0.817. The molecule has 0 aromatic carbocycles. The normalized spacial score (nSPS) is 22.2. The van der Waals surface area contributed by atoms with Gasteiger partial charge in [0.1, 0.15) is 5.82 Å². The van der Waals surface area contributed by atoms with Crippen molar-refractivity contribution >= 4 is 39.4 Å². The van der Waals surface area contributed by atoms with Crippen molar-refractivity contribution in [2.45, 2.75) is 25.1 Å². The van der Waals surface area contributed by atoms with Gasteiger partial charge in [-0.1, -0.05) is 0 Å². The highest BCUT2D eigenvalue weighted by Crippen LogP contribution is 2.50. The zero-order valence-electron chi connectivity index (χ0n) is 19.5. The third-order valence-corrected chi connectivity index (χ3v) is 8.66. The minimum absolute atomic E-state index is 0.0355. The van der Waals surface area contributed by atoms with Crippen molar-refractivity contribution in [1.82, 2.24) is 20.1 Å². The number of rotatable bonds is 4. The molecule has 1 atom stereocenters. The molecular formula is C23H25F3N6O3S. The first-order valence-electron chi connectivity index (χ1n) is 11.6. The van der Waals surface area contributed by atoms with Crippen molar-refractivity contribution < 1.29 is 27.9 Å². The molecule has 36 heavy (non-hydrogen) atoms. The third-order valence-electron chi connectivity index (χ3n) is 7.66. The maximum atomic E-state index is 13.9. The van der Waals surface area contributed by atoms with Crippen molar-refractivity contribution in [1.29, 1.82) is 5.26 Å². The van der Waals surface area contributed by atoms with Gasteiger partial charge in [-0.05, 0) is 24.8 Å². The van der Waals surface area contributed by atoms with Gasteiger partial charge in [0.25, 0.3) is 5.91 Å². The van der Waals surface area contributed by atoms with Gasteiger partial charge < -0.3 is 20.2 Å². The number of amides is 2. The first-order valence-corrected chi connectivity index (χ1v) is 12.5. The van der Waals surface area contributed by atoms with Crippen LogP contribution in [0.15, 0.2) is 11.4 Å². The maximum Gasteiger partial charge on any atom is 0.417 e. The number of thiophene rings is 1. The van der Waals surface area contributed by atoms with E-state index in [-0.39, 0.29) is 39.0 Å². The molecule has 9 nitrogen and oxygen atoms in total. The average Bonchev–Trinajstić information content (AvgIpc) is 3.22. The Balaban J connectivity index is 1.37. The number of likely N-dealkylation sites (tertiary alicyclic amines) is 2. The van der Waals surface area contributed by atoms with E-state index in [2.05, 4.69) is 16.4 Å². The van der Waals surface area contributed by atoms with Crippen molar-refractivity contribution in [2.24, 2.45) is 11.3 Å². The Kier molecular flexibility index (Phi) is 5.99. The fraction of sp³-hybridized carbons (Fsp3) is 0.565. The number of piperidine rings is 1. The lowest BCUT2D eigenvalue weighted by Gasteiger charge is -2.66. The van der Waals surface area contributed by atoms with E-state index < -0.39 is 23.7 Å². The molecule has 2 amide bonds. The molecule has 3 aliphatic rings. The Hall–Kier alpha value is -3.11. The van der Waals surface area contributed by atoms with E-state index in [9.17, 15) is 27.9 Å². The van der Waals surface area contributed by atoms with Crippen LogP contribution in [-0.2, 0) is 6.18 Å². The van der Waals surface area contributed by atoms with Crippen molar-refractivity contribution in [3.05, 3.63) is 22.6 Å². The van der Waals surface area contributed by atoms with Crippen LogP contribution in [-0.4, -0.2) is 84.2 Å². The topological polar surface area (TPSA) is 113 Å². The molecule has 0 saturated carbocycles. The highest BCUT2D eigenvalue weighted by Gasteiger charge is 2.62. The number of nitrogens with zero attached hydrogens (tertiary/aromatic N) is 5. The molecule has 5 heterocycles. The Bertz CT molecular complexity index is 1240. The molecule has 192 valence electrons. The third kappa shape index (κ3) is 3.92. The predicted molar refractivity (Wildman–Crippen MR) is 126 cm³/mol. The summed E-state index contributed by atoms with van der Waals surface area (Å²) in [6.45, 7) is 2.99. The number of alkyl halides is 3. The van der Waals surface area contributed by atoms with E-state index in [1.165, 1.54) is 17.3 Å². The number of pyridine rings is 1. The van der Waals surface area contributed by atoms with Crippen LogP contribution in [0.1, 0.15) is 28.8 Å². The number of carbonyl (C=O) groups is 2. The number of fused-ring (bicyclic) bond motifs is 1. The smallest absolute Gasteiger partial charge is 0.417 e. The monoisotopic (exact) mass is 522 g/mol. The quantitative estimate of drug-likeness (QED) is 0.594. The molecule has 0 aliphatic carbocycles. The molecule has 1 unspecified atom stereocenters. The molecule has 3 fully saturated rings. The molecule has 0 radical (unpaired) electrons. The van der Waals surface area contributed by atoms with Gasteiger partial charge in [-0.3, -0.25) is 9.69 Å². The molecule has 2 aromatic rings. The minimum Gasteiger partial charge on any atom is -0.465 e. The van der Waals surface area contributed by atoms with Gasteiger partial charge >= 0.3 is 12.3 Å². The van der Waals surface area contributed by atoms with Crippen LogP contribution < -0.4 is 10.2 Å². The maximum absolute atomic E-state index is 13.9. The lowest BCUT2D eigenvalue weighted by molar-refractivity contribution is -0.167. The molecule has 5 rings (SSSR count). The molecule has 13 heteroatoms. The fourth-order valence-electron chi connectivity index (χ4n) is 6.14. The van der Waals surface area contributed by atoms with Gasteiger partial charge in [-0.25, -0.2) is 9.78 Å².